The maximum absolute atomic E-state index is 13.7. The van der Waals surface area contributed by atoms with Gasteiger partial charge in [0.2, 0.25) is 5.91 Å². The molecular formula is C30H36BrClN6O4. The Kier molecular flexibility index (Phi) is 9.22. The van der Waals surface area contributed by atoms with Gasteiger partial charge in [0.05, 0.1) is 18.1 Å². The number of rotatable bonds is 6. The smallest absolute Gasteiger partial charge is 0.411 e. The lowest BCUT2D eigenvalue weighted by Gasteiger charge is -2.44. The van der Waals surface area contributed by atoms with E-state index in [1.165, 1.54) is 11.2 Å². The topological polar surface area (TPSA) is 113 Å². The minimum Gasteiger partial charge on any atom is -0.444 e. The summed E-state index contributed by atoms with van der Waals surface area (Å²) in [6, 6.07) is 7.03. The minimum atomic E-state index is -0.825. The van der Waals surface area contributed by atoms with Gasteiger partial charge < -0.3 is 19.7 Å². The van der Waals surface area contributed by atoms with E-state index in [4.69, 9.17) is 21.3 Å². The van der Waals surface area contributed by atoms with Crippen molar-refractivity contribution in [2.45, 2.75) is 63.9 Å². The first-order valence-electron chi connectivity index (χ1n) is 14.1. The molecule has 2 aromatic heterocycles. The molecule has 1 fully saturated rings. The number of aliphatic hydroxyl groups excluding tert-OH is 1. The van der Waals surface area contributed by atoms with Crippen LogP contribution in [0.25, 0.3) is 0 Å². The van der Waals surface area contributed by atoms with E-state index in [1.807, 2.05) is 39.0 Å². The Morgan fingerprint density at radius 3 is 2.74 bits per heavy atom. The molecule has 1 saturated heterocycles. The standard InChI is InChI=1S/C30H36BrClN6O4/c1-30(2,3)42-29(41)38-13-12-36(17-24(38)28(40)34-9-8-25(39)37-11-10-33-18-37)27-23-7-6-22(32)15-19(23)4-5-20-14-21(31)16-35-26(20)27/h6-7,10-11,14-16,18,24-25,27,39H,4-5,8-9,12-13,17H2,1-3H3,(H,34,40)/t24?,25?,27-/m0/s1. The molecule has 2 aliphatic rings. The number of aliphatic hydroxyl groups is 1. The van der Waals surface area contributed by atoms with Crippen molar-refractivity contribution in [2.75, 3.05) is 26.2 Å². The van der Waals surface area contributed by atoms with Crippen LogP contribution in [0.15, 0.2) is 53.7 Å². The lowest BCUT2D eigenvalue weighted by molar-refractivity contribution is -0.129. The van der Waals surface area contributed by atoms with Crippen molar-refractivity contribution < 1.29 is 19.4 Å². The molecule has 2 amide bonds. The number of amides is 2. The van der Waals surface area contributed by atoms with E-state index >= 15 is 0 Å². The zero-order chi connectivity index (χ0) is 30.0. The Balaban J connectivity index is 1.43. The van der Waals surface area contributed by atoms with Crippen molar-refractivity contribution in [3.63, 3.8) is 0 Å². The highest BCUT2D eigenvalue weighted by Gasteiger charge is 2.41. The van der Waals surface area contributed by atoms with Crippen LogP contribution in [-0.4, -0.2) is 79.3 Å². The lowest BCUT2D eigenvalue weighted by Crippen LogP contribution is -2.61. The normalized spacial score (nSPS) is 19.8. The van der Waals surface area contributed by atoms with Crippen LogP contribution < -0.4 is 5.32 Å². The van der Waals surface area contributed by atoms with Gasteiger partial charge >= 0.3 is 6.09 Å². The maximum Gasteiger partial charge on any atom is 0.411 e. The van der Waals surface area contributed by atoms with Crippen molar-refractivity contribution in [3.05, 3.63) is 81.1 Å². The number of aromatic nitrogens is 3. The summed E-state index contributed by atoms with van der Waals surface area (Å²) < 4.78 is 8.18. The van der Waals surface area contributed by atoms with Gasteiger partial charge in [-0.25, -0.2) is 9.78 Å². The van der Waals surface area contributed by atoms with Gasteiger partial charge in [-0.2, -0.15) is 0 Å². The number of nitrogens with one attached hydrogen (secondary N) is 1. The number of imidazole rings is 1. The fraction of sp³-hybridized carbons (Fsp3) is 0.467. The molecule has 3 aromatic rings. The monoisotopic (exact) mass is 658 g/mol. The molecule has 1 aliphatic carbocycles. The molecule has 2 N–H and O–H groups in total. The average molecular weight is 660 g/mol. The third-order valence-electron chi connectivity index (χ3n) is 7.57. The van der Waals surface area contributed by atoms with E-state index in [0.29, 0.717) is 18.1 Å². The number of carbonyl (C=O) groups is 2. The number of halogens is 2. The molecule has 42 heavy (non-hydrogen) atoms. The molecule has 3 heterocycles. The number of fused-ring (bicyclic) bond motifs is 2. The first-order chi connectivity index (χ1) is 20.0. The van der Waals surface area contributed by atoms with Crippen LogP contribution >= 0.6 is 27.5 Å². The number of hydrogen-bond acceptors (Lipinski definition) is 7. The van der Waals surface area contributed by atoms with Crippen molar-refractivity contribution in [3.8, 4) is 0 Å². The van der Waals surface area contributed by atoms with Gasteiger partial charge in [-0.1, -0.05) is 17.7 Å². The quantitative estimate of drug-likeness (QED) is 0.401. The first-order valence-corrected chi connectivity index (χ1v) is 15.3. The molecule has 0 spiro atoms. The van der Waals surface area contributed by atoms with E-state index in [1.54, 1.807) is 23.2 Å². The summed E-state index contributed by atoms with van der Waals surface area (Å²) in [6.45, 7) is 6.74. The Hall–Kier alpha value is -2.99. The first kappa shape index (κ1) is 30.5. The van der Waals surface area contributed by atoms with Crippen LogP contribution in [0.3, 0.4) is 0 Å². The van der Waals surface area contributed by atoms with E-state index in [9.17, 15) is 14.7 Å². The van der Waals surface area contributed by atoms with Gasteiger partial charge in [0, 0.05) is 60.7 Å². The Labute approximate surface area is 259 Å². The van der Waals surface area contributed by atoms with Crippen molar-refractivity contribution in [2.24, 2.45) is 0 Å². The van der Waals surface area contributed by atoms with E-state index in [-0.39, 0.29) is 31.5 Å². The van der Waals surface area contributed by atoms with Crippen LogP contribution in [0.2, 0.25) is 5.02 Å². The molecule has 1 aromatic carbocycles. The van der Waals surface area contributed by atoms with Gasteiger partial charge in [-0.05, 0) is 84.4 Å². The lowest BCUT2D eigenvalue weighted by atomic mass is 9.95. The average Bonchev–Trinajstić information content (AvgIpc) is 3.43. The number of aryl methyl sites for hydroxylation is 2. The zero-order valence-corrected chi connectivity index (χ0v) is 26.3. The molecule has 12 heteroatoms. The number of carbonyl (C=O) groups excluding carboxylic acids is 2. The van der Waals surface area contributed by atoms with Crippen LogP contribution in [-0.2, 0) is 22.4 Å². The number of nitrogens with zero attached hydrogens (tertiary/aromatic N) is 5. The van der Waals surface area contributed by atoms with Gasteiger partial charge in [-0.3, -0.25) is 19.6 Å². The molecule has 1 aliphatic heterocycles. The highest BCUT2D eigenvalue weighted by Crippen LogP contribution is 2.38. The highest BCUT2D eigenvalue weighted by molar-refractivity contribution is 9.10. The highest BCUT2D eigenvalue weighted by atomic mass is 79.9. The number of benzene rings is 1. The van der Waals surface area contributed by atoms with Crippen LogP contribution in [0, 0.1) is 0 Å². The fourth-order valence-electron chi connectivity index (χ4n) is 5.62. The second kappa shape index (κ2) is 12.7. The van der Waals surface area contributed by atoms with Crippen LogP contribution in [0.1, 0.15) is 61.8 Å². The fourth-order valence-corrected chi connectivity index (χ4v) is 6.19. The largest absolute Gasteiger partial charge is 0.444 e. The molecule has 0 radical (unpaired) electrons. The second-order valence-corrected chi connectivity index (χ2v) is 13.1. The van der Waals surface area contributed by atoms with E-state index < -0.39 is 24.0 Å². The second-order valence-electron chi connectivity index (χ2n) is 11.7. The Bertz CT molecular complexity index is 1380. The molecule has 3 atom stereocenters. The summed E-state index contributed by atoms with van der Waals surface area (Å²) in [5.41, 5.74) is 3.60. The predicted octanol–water partition coefficient (Wildman–Crippen LogP) is 4.50. The van der Waals surface area contributed by atoms with Gasteiger partial charge in [0.25, 0.3) is 0 Å². The summed E-state index contributed by atoms with van der Waals surface area (Å²) in [4.78, 5) is 39.5. The number of piperazine rings is 1. The SMILES string of the molecule is CC(C)(C)OC(=O)N1CCN([C@H]2c3ccc(Cl)cc3CCc3cc(Br)cnc32)CC1C(=O)NCCC(O)n1ccnc1. The molecule has 5 rings (SSSR count). The summed E-state index contributed by atoms with van der Waals surface area (Å²) in [5, 5.41) is 14.0. The number of ether oxygens (including phenoxy) is 1. The molecule has 224 valence electrons. The van der Waals surface area contributed by atoms with E-state index in [2.05, 4.69) is 37.2 Å². The van der Waals surface area contributed by atoms with Crippen molar-refractivity contribution in [1.29, 1.82) is 0 Å². The number of hydrogen-bond donors (Lipinski definition) is 2. The molecule has 0 bridgehead atoms. The molecular weight excluding hydrogens is 624 g/mol. The van der Waals surface area contributed by atoms with Crippen LogP contribution in [0.5, 0.6) is 0 Å². The maximum atomic E-state index is 13.7. The zero-order valence-electron chi connectivity index (χ0n) is 24.0. The third-order valence-corrected chi connectivity index (χ3v) is 8.24. The van der Waals surface area contributed by atoms with Gasteiger partial charge in [0.15, 0.2) is 0 Å². The molecule has 2 unspecified atom stereocenters. The minimum absolute atomic E-state index is 0.220. The number of pyridine rings is 1. The van der Waals surface area contributed by atoms with Gasteiger partial charge in [0.1, 0.15) is 17.9 Å². The summed E-state index contributed by atoms with van der Waals surface area (Å²) >= 11 is 9.97. The van der Waals surface area contributed by atoms with Crippen molar-refractivity contribution >= 4 is 39.5 Å². The Morgan fingerprint density at radius 1 is 1.21 bits per heavy atom. The Morgan fingerprint density at radius 2 is 2.00 bits per heavy atom. The van der Waals surface area contributed by atoms with Crippen LogP contribution in [0.4, 0.5) is 4.79 Å². The van der Waals surface area contributed by atoms with E-state index in [0.717, 1.165) is 39.7 Å². The molecule has 0 saturated carbocycles. The predicted molar refractivity (Wildman–Crippen MR) is 162 cm³/mol. The third kappa shape index (κ3) is 6.96. The summed E-state index contributed by atoms with van der Waals surface area (Å²) in [6.07, 6.45) is 7.14. The van der Waals surface area contributed by atoms with Gasteiger partial charge in [-0.15, -0.1) is 0 Å². The summed E-state index contributed by atoms with van der Waals surface area (Å²) in [5.74, 6) is -0.308. The summed E-state index contributed by atoms with van der Waals surface area (Å²) in [7, 11) is 0. The van der Waals surface area contributed by atoms with Crippen molar-refractivity contribution in [1.82, 2.24) is 29.7 Å². The molecule has 10 nitrogen and oxygen atoms in total.